The van der Waals surface area contributed by atoms with Crippen LogP contribution >= 0.6 is 0 Å². The molecule has 1 amide bonds. The Balaban J connectivity index is 0.000000247. The zero-order chi connectivity index (χ0) is 26.4. The van der Waals surface area contributed by atoms with Crippen LogP contribution in [-0.2, 0) is 23.7 Å². The normalized spacial score (nSPS) is 25.7. The zero-order valence-electron chi connectivity index (χ0n) is 23.1. The van der Waals surface area contributed by atoms with Gasteiger partial charge in [-0.2, -0.15) is 0 Å². The van der Waals surface area contributed by atoms with Crippen molar-refractivity contribution >= 4 is 6.09 Å². The second-order valence-corrected chi connectivity index (χ2v) is 11.3. The molecule has 2 N–H and O–H groups in total. The average molecular weight is 495 g/mol. The van der Waals surface area contributed by atoms with E-state index in [1.54, 1.807) is 0 Å². The molecule has 2 fully saturated rings. The lowest BCUT2D eigenvalue weighted by atomic mass is 10.1. The van der Waals surface area contributed by atoms with Crippen LogP contribution < -0.4 is 10.6 Å². The third-order valence-electron chi connectivity index (χ3n) is 5.73. The summed E-state index contributed by atoms with van der Waals surface area (Å²) in [6.07, 6.45) is -0.456. The molecule has 2 heterocycles. The Bertz CT molecular complexity index is 793. The number of carbonyl (C=O) groups excluding carboxylic acids is 1. The highest BCUT2D eigenvalue weighted by molar-refractivity contribution is 5.68. The number of hydrogen-bond acceptors (Lipinski definition) is 7. The molecule has 1 aromatic rings. The predicted octanol–water partition coefficient (Wildman–Crippen LogP) is 4.93. The van der Waals surface area contributed by atoms with Gasteiger partial charge in [-0.3, -0.25) is 0 Å². The van der Waals surface area contributed by atoms with Gasteiger partial charge in [-0.15, -0.1) is 0 Å². The molecular weight excluding hydrogens is 448 g/mol. The van der Waals surface area contributed by atoms with E-state index in [0.29, 0.717) is 19.3 Å². The molecule has 0 unspecified atom stereocenters. The van der Waals surface area contributed by atoms with Gasteiger partial charge >= 0.3 is 6.09 Å². The molecule has 8 heteroatoms. The molecule has 2 aliphatic heterocycles. The predicted molar refractivity (Wildman–Crippen MR) is 136 cm³/mol. The van der Waals surface area contributed by atoms with Gasteiger partial charge in [-0.1, -0.05) is 30.3 Å². The number of benzene rings is 1. The van der Waals surface area contributed by atoms with E-state index in [0.717, 1.165) is 0 Å². The number of ether oxygens (including phenoxy) is 5. The van der Waals surface area contributed by atoms with Gasteiger partial charge in [0.15, 0.2) is 11.6 Å². The summed E-state index contributed by atoms with van der Waals surface area (Å²) in [4.78, 5) is 11.6. The second kappa shape index (κ2) is 12.0. The lowest BCUT2D eigenvalue weighted by Crippen LogP contribution is -2.45. The van der Waals surface area contributed by atoms with Crippen LogP contribution in [0.4, 0.5) is 4.79 Å². The van der Waals surface area contributed by atoms with Crippen molar-refractivity contribution in [3.63, 3.8) is 0 Å². The van der Waals surface area contributed by atoms with Gasteiger partial charge in [0.25, 0.3) is 0 Å². The smallest absolute Gasteiger partial charge is 0.407 e. The summed E-state index contributed by atoms with van der Waals surface area (Å²) in [7, 11) is 0. The van der Waals surface area contributed by atoms with Crippen molar-refractivity contribution in [2.24, 2.45) is 0 Å². The maximum Gasteiger partial charge on any atom is 0.407 e. The molecule has 3 rings (SSSR count). The van der Waals surface area contributed by atoms with Crippen LogP contribution in [0.1, 0.15) is 80.8 Å². The van der Waals surface area contributed by atoms with E-state index in [4.69, 9.17) is 23.7 Å². The third kappa shape index (κ3) is 10.4. The largest absolute Gasteiger partial charge is 0.444 e. The van der Waals surface area contributed by atoms with Gasteiger partial charge in [0.2, 0.25) is 0 Å². The monoisotopic (exact) mass is 494 g/mol. The number of carbonyl (C=O) groups is 1. The molecule has 0 spiro atoms. The Morgan fingerprint density at radius 1 is 0.914 bits per heavy atom. The first-order valence-electron chi connectivity index (χ1n) is 12.5. The van der Waals surface area contributed by atoms with Crippen LogP contribution in [0.25, 0.3) is 0 Å². The lowest BCUT2D eigenvalue weighted by molar-refractivity contribution is -0.141. The summed E-state index contributed by atoms with van der Waals surface area (Å²) in [5.41, 5.74) is 0.804. The molecule has 200 valence electrons. The zero-order valence-corrected chi connectivity index (χ0v) is 23.1. The highest BCUT2D eigenvalue weighted by Gasteiger charge is 2.37. The van der Waals surface area contributed by atoms with Crippen LogP contribution in [0.3, 0.4) is 0 Å². The van der Waals surface area contributed by atoms with Gasteiger partial charge in [-0.25, -0.2) is 4.79 Å². The van der Waals surface area contributed by atoms with Crippen molar-refractivity contribution in [1.29, 1.82) is 0 Å². The molecule has 0 radical (unpaired) electrons. The van der Waals surface area contributed by atoms with Crippen molar-refractivity contribution < 1.29 is 28.5 Å². The summed E-state index contributed by atoms with van der Waals surface area (Å²) < 4.78 is 27.7. The summed E-state index contributed by atoms with van der Waals surface area (Å²) in [6.45, 7) is 20.4. The van der Waals surface area contributed by atoms with Gasteiger partial charge in [0, 0.05) is 12.1 Å². The SMILES string of the molecule is C[C@@H](NC(=O)OC(C)(C)C)[C@@H]1COC(C)(C)O1.C[C@@H](N[C@H](C)[C@@H]1COC(C)(C)O1)c1ccccc1. The summed E-state index contributed by atoms with van der Waals surface area (Å²) in [5.74, 6) is -1.02. The van der Waals surface area contributed by atoms with Crippen LogP contribution in [-0.4, -0.2) is 60.8 Å². The van der Waals surface area contributed by atoms with Crippen molar-refractivity contribution in [1.82, 2.24) is 10.6 Å². The second-order valence-electron chi connectivity index (χ2n) is 11.3. The minimum atomic E-state index is -0.575. The molecule has 35 heavy (non-hydrogen) atoms. The molecular formula is C27H46N2O6. The van der Waals surface area contributed by atoms with E-state index in [9.17, 15) is 4.79 Å². The summed E-state index contributed by atoms with van der Waals surface area (Å²) in [5, 5.41) is 6.32. The topological polar surface area (TPSA) is 87.3 Å². The first-order valence-corrected chi connectivity index (χ1v) is 12.5. The maximum atomic E-state index is 11.6. The lowest BCUT2D eigenvalue weighted by Gasteiger charge is -2.25. The van der Waals surface area contributed by atoms with Crippen LogP contribution in [0.15, 0.2) is 30.3 Å². The number of amides is 1. The van der Waals surface area contributed by atoms with E-state index in [-0.39, 0.29) is 24.3 Å². The Morgan fingerprint density at radius 3 is 1.83 bits per heavy atom. The van der Waals surface area contributed by atoms with E-state index in [1.165, 1.54) is 5.56 Å². The van der Waals surface area contributed by atoms with Crippen molar-refractivity contribution in [2.45, 2.75) is 117 Å². The number of rotatable bonds is 6. The molecule has 1 aromatic carbocycles. The Labute approximate surface area is 211 Å². The summed E-state index contributed by atoms with van der Waals surface area (Å²) in [6, 6.07) is 10.9. The van der Waals surface area contributed by atoms with Crippen LogP contribution in [0, 0.1) is 0 Å². The number of alkyl carbamates (subject to hydrolysis) is 1. The molecule has 0 aromatic heterocycles. The first kappa shape index (κ1) is 29.5. The summed E-state index contributed by atoms with van der Waals surface area (Å²) >= 11 is 0. The highest BCUT2D eigenvalue weighted by atomic mass is 16.7. The Hall–Kier alpha value is -1.71. The molecule has 8 nitrogen and oxygen atoms in total. The van der Waals surface area contributed by atoms with Gasteiger partial charge in [0.05, 0.1) is 25.4 Å². The number of hydrogen-bond donors (Lipinski definition) is 2. The van der Waals surface area contributed by atoms with Crippen molar-refractivity contribution in [3.8, 4) is 0 Å². The van der Waals surface area contributed by atoms with E-state index in [2.05, 4.69) is 48.7 Å². The quantitative estimate of drug-likeness (QED) is 0.580. The maximum absolute atomic E-state index is 11.6. The third-order valence-corrected chi connectivity index (χ3v) is 5.73. The fourth-order valence-corrected chi connectivity index (χ4v) is 3.85. The van der Waals surface area contributed by atoms with E-state index in [1.807, 2.05) is 61.5 Å². The van der Waals surface area contributed by atoms with Gasteiger partial charge < -0.3 is 34.3 Å². The van der Waals surface area contributed by atoms with E-state index < -0.39 is 23.3 Å². The standard InChI is InChI=1S/C15H23NO2.C12H23NO4/c1-11(13-8-6-5-7-9-13)16-12(2)14-10-17-15(3,4)18-14;1-8(9-7-15-12(5,6)16-9)13-10(14)17-11(2,3)4/h5-9,11-12,14,16H,10H2,1-4H3;8-9H,7H2,1-6H3,(H,13,14)/t11-,12-,14+;8-,9+/m11/s1. The van der Waals surface area contributed by atoms with Crippen LogP contribution in [0.5, 0.6) is 0 Å². The fraction of sp³-hybridized carbons (Fsp3) is 0.741. The molecule has 0 aliphatic carbocycles. The first-order chi connectivity index (χ1) is 16.1. The van der Waals surface area contributed by atoms with Crippen molar-refractivity contribution in [2.75, 3.05) is 13.2 Å². The van der Waals surface area contributed by atoms with E-state index >= 15 is 0 Å². The average Bonchev–Trinajstić information content (AvgIpc) is 3.29. The highest BCUT2D eigenvalue weighted by Crippen LogP contribution is 2.26. The Morgan fingerprint density at radius 2 is 1.40 bits per heavy atom. The molecule has 0 saturated carbocycles. The molecule has 2 aliphatic rings. The van der Waals surface area contributed by atoms with Gasteiger partial charge in [-0.05, 0) is 74.8 Å². The molecule has 2 saturated heterocycles. The minimum Gasteiger partial charge on any atom is -0.444 e. The molecule has 5 atom stereocenters. The van der Waals surface area contributed by atoms with Crippen LogP contribution in [0.2, 0.25) is 0 Å². The number of nitrogens with one attached hydrogen (secondary N) is 2. The Kier molecular flexibility index (Phi) is 10.1. The van der Waals surface area contributed by atoms with Crippen molar-refractivity contribution in [3.05, 3.63) is 35.9 Å². The fourth-order valence-electron chi connectivity index (χ4n) is 3.85. The minimum absolute atomic E-state index is 0.117. The molecule has 0 bridgehead atoms. The van der Waals surface area contributed by atoms with Gasteiger partial charge in [0.1, 0.15) is 11.7 Å².